The SMILES string of the molecule is CCc1ccc(C(=O)OCC(=O)c2cc(C)n(Cc3ccco3)c2C)cc1. The number of furan rings is 1. The van der Waals surface area contributed by atoms with Gasteiger partial charge in [-0.3, -0.25) is 4.79 Å². The number of hydrogen-bond donors (Lipinski definition) is 0. The summed E-state index contributed by atoms with van der Waals surface area (Å²) in [5.41, 5.74) is 3.94. The molecule has 0 saturated carbocycles. The molecule has 3 rings (SSSR count). The zero-order valence-electron chi connectivity index (χ0n) is 15.8. The molecule has 0 unspecified atom stereocenters. The quantitative estimate of drug-likeness (QED) is 0.461. The molecule has 3 aromatic rings. The third-order valence-electron chi connectivity index (χ3n) is 4.70. The van der Waals surface area contributed by atoms with E-state index in [2.05, 4.69) is 0 Å². The second kappa shape index (κ2) is 8.08. The van der Waals surface area contributed by atoms with E-state index in [-0.39, 0.29) is 12.4 Å². The number of aromatic nitrogens is 1. The van der Waals surface area contributed by atoms with Gasteiger partial charge in [-0.05, 0) is 56.2 Å². The van der Waals surface area contributed by atoms with E-state index >= 15 is 0 Å². The molecule has 1 aromatic carbocycles. The molecule has 0 radical (unpaired) electrons. The van der Waals surface area contributed by atoms with Gasteiger partial charge in [-0.1, -0.05) is 19.1 Å². The molecule has 0 aliphatic carbocycles. The van der Waals surface area contributed by atoms with E-state index in [9.17, 15) is 9.59 Å². The molecule has 140 valence electrons. The number of rotatable bonds is 7. The number of hydrogen-bond acceptors (Lipinski definition) is 4. The Morgan fingerprint density at radius 3 is 2.48 bits per heavy atom. The summed E-state index contributed by atoms with van der Waals surface area (Å²) < 4.78 is 12.6. The maximum Gasteiger partial charge on any atom is 0.338 e. The number of carbonyl (C=O) groups is 2. The lowest BCUT2D eigenvalue weighted by atomic mass is 10.1. The summed E-state index contributed by atoms with van der Waals surface area (Å²) in [5.74, 6) is 0.112. The average Bonchev–Trinajstić information content (AvgIpc) is 3.29. The van der Waals surface area contributed by atoms with Crippen LogP contribution in [0.15, 0.2) is 53.1 Å². The average molecular weight is 365 g/mol. The van der Waals surface area contributed by atoms with Gasteiger partial charge in [0.15, 0.2) is 6.61 Å². The van der Waals surface area contributed by atoms with Crippen LogP contribution < -0.4 is 0 Å². The molecule has 0 amide bonds. The molecule has 0 aliphatic heterocycles. The first-order chi connectivity index (χ1) is 13.0. The monoisotopic (exact) mass is 365 g/mol. The molecule has 0 N–H and O–H groups in total. The molecular weight excluding hydrogens is 342 g/mol. The predicted octanol–water partition coefficient (Wildman–Crippen LogP) is 4.35. The van der Waals surface area contributed by atoms with E-state index in [0.717, 1.165) is 29.1 Å². The van der Waals surface area contributed by atoms with Crippen molar-refractivity contribution < 1.29 is 18.7 Å². The van der Waals surface area contributed by atoms with Gasteiger partial charge in [0, 0.05) is 17.0 Å². The van der Waals surface area contributed by atoms with Crippen LogP contribution in [0.25, 0.3) is 0 Å². The summed E-state index contributed by atoms with van der Waals surface area (Å²) >= 11 is 0. The highest BCUT2D eigenvalue weighted by Crippen LogP contribution is 2.18. The first-order valence-electron chi connectivity index (χ1n) is 8.98. The van der Waals surface area contributed by atoms with Crippen LogP contribution in [0.1, 0.15) is 50.4 Å². The maximum absolute atomic E-state index is 12.6. The van der Waals surface area contributed by atoms with E-state index < -0.39 is 5.97 Å². The van der Waals surface area contributed by atoms with Crippen molar-refractivity contribution in [2.24, 2.45) is 0 Å². The van der Waals surface area contributed by atoms with Gasteiger partial charge in [0.05, 0.1) is 18.4 Å². The highest BCUT2D eigenvalue weighted by atomic mass is 16.5. The summed E-state index contributed by atoms with van der Waals surface area (Å²) in [7, 11) is 0. The molecule has 5 nitrogen and oxygen atoms in total. The van der Waals surface area contributed by atoms with Crippen LogP contribution in [0, 0.1) is 13.8 Å². The van der Waals surface area contributed by atoms with Gasteiger partial charge < -0.3 is 13.7 Å². The Labute approximate surface area is 158 Å². The standard InChI is InChI=1S/C22H23NO4/c1-4-17-7-9-18(10-8-17)22(25)27-14-21(24)20-12-15(2)23(16(20)3)13-19-6-5-11-26-19/h5-12H,4,13-14H2,1-3H3. The lowest BCUT2D eigenvalue weighted by molar-refractivity contribution is 0.0474. The number of aryl methyl sites for hydroxylation is 2. The molecule has 0 aliphatic rings. The van der Waals surface area contributed by atoms with Crippen LogP contribution in [0.3, 0.4) is 0 Å². The van der Waals surface area contributed by atoms with Crippen LogP contribution in [-0.2, 0) is 17.7 Å². The van der Waals surface area contributed by atoms with Crippen LogP contribution in [0.5, 0.6) is 0 Å². The van der Waals surface area contributed by atoms with Gasteiger partial charge >= 0.3 is 5.97 Å². The molecular formula is C22H23NO4. The zero-order chi connectivity index (χ0) is 19.4. The van der Waals surface area contributed by atoms with Gasteiger partial charge in [-0.25, -0.2) is 4.79 Å². The number of ketones is 1. The topological polar surface area (TPSA) is 61.4 Å². The lowest BCUT2D eigenvalue weighted by Crippen LogP contribution is -2.15. The smallest absolute Gasteiger partial charge is 0.338 e. The van der Waals surface area contributed by atoms with Crippen molar-refractivity contribution in [3.8, 4) is 0 Å². The summed E-state index contributed by atoms with van der Waals surface area (Å²) in [4.78, 5) is 24.7. The predicted molar refractivity (Wildman–Crippen MR) is 102 cm³/mol. The highest BCUT2D eigenvalue weighted by molar-refractivity contribution is 6.00. The fourth-order valence-corrected chi connectivity index (χ4v) is 3.05. The van der Waals surface area contributed by atoms with Gasteiger partial charge in [-0.15, -0.1) is 0 Å². The lowest BCUT2D eigenvalue weighted by Gasteiger charge is -2.08. The summed E-state index contributed by atoms with van der Waals surface area (Å²) in [6.07, 6.45) is 2.53. The van der Waals surface area contributed by atoms with Crippen molar-refractivity contribution in [1.29, 1.82) is 0 Å². The van der Waals surface area contributed by atoms with Crippen LogP contribution in [0.2, 0.25) is 0 Å². The molecule has 0 saturated heterocycles. The minimum Gasteiger partial charge on any atom is -0.467 e. The van der Waals surface area contributed by atoms with Crippen molar-refractivity contribution in [2.75, 3.05) is 6.61 Å². The number of carbonyl (C=O) groups excluding carboxylic acids is 2. The first-order valence-corrected chi connectivity index (χ1v) is 8.98. The number of Topliss-reactive ketones (excluding diaryl/α,β-unsaturated/α-hetero) is 1. The van der Waals surface area contributed by atoms with Crippen molar-refractivity contribution >= 4 is 11.8 Å². The van der Waals surface area contributed by atoms with Gasteiger partial charge in [0.1, 0.15) is 5.76 Å². The molecule has 2 heterocycles. The summed E-state index contributed by atoms with van der Waals surface area (Å²) in [5, 5.41) is 0. The normalized spacial score (nSPS) is 10.8. The second-order valence-corrected chi connectivity index (χ2v) is 6.50. The summed E-state index contributed by atoms with van der Waals surface area (Å²) in [6.45, 7) is 6.15. The van der Waals surface area contributed by atoms with Gasteiger partial charge in [0.25, 0.3) is 0 Å². The Morgan fingerprint density at radius 2 is 1.85 bits per heavy atom. The Morgan fingerprint density at radius 1 is 1.11 bits per heavy atom. The maximum atomic E-state index is 12.6. The molecule has 0 bridgehead atoms. The van der Waals surface area contributed by atoms with E-state index in [0.29, 0.717) is 17.7 Å². The molecule has 27 heavy (non-hydrogen) atoms. The van der Waals surface area contributed by atoms with Crippen LogP contribution in [-0.4, -0.2) is 22.9 Å². The van der Waals surface area contributed by atoms with Crippen LogP contribution >= 0.6 is 0 Å². The van der Waals surface area contributed by atoms with E-state index in [4.69, 9.17) is 9.15 Å². The first kappa shape index (κ1) is 18.7. The fourth-order valence-electron chi connectivity index (χ4n) is 3.05. The molecule has 0 atom stereocenters. The molecule has 2 aromatic heterocycles. The number of benzene rings is 1. The zero-order valence-corrected chi connectivity index (χ0v) is 15.8. The third-order valence-corrected chi connectivity index (χ3v) is 4.70. The highest BCUT2D eigenvalue weighted by Gasteiger charge is 2.18. The third kappa shape index (κ3) is 4.19. The van der Waals surface area contributed by atoms with Gasteiger partial charge in [0.2, 0.25) is 5.78 Å². The van der Waals surface area contributed by atoms with Crippen molar-refractivity contribution in [3.63, 3.8) is 0 Å². The minimum absolute atomic E-state index is 0.215. The van der Waals surface area contributed by atoms with E-state index in [1.165, 1.54) is 0 Å². The van der Waals surface area contributed by atoms with Crippen molar-refractivity contribution in [3.05, 3.63) is 82.6 Å². The number of nitrogens with zero attached hydrogens (tertiary/aromatic N) is 1. The molecule has 0 fully saturated rings. The number of esters is 1. The van der Waals surface area contributed by atoms with Crippen LogP contribution in [0.4, 0.5) is 0 Å². The van der Waals surface area contributed by atoms with Gasteiger partial charge in [-0.2, -0.15) is 0 Å². The Bertz CT molecular complexity index is 934. The Kier molecular flexibility index (Phi) is 5.60. The molecule has 5 heteroatoms. The Hall–Kier alpha value is -3.08. The van der Waals surface area contributed by atoms with E-state index in [1.807, 2.05) is 55.7 Å². The molecule has 0 spiro atoms. The largest absolute Gasteiger partial charge is 0.467 e. The van der Waals surface area contributed by atoms with Crippen molar-refractivity contribution in [2.45, 2.75) is 33.7 Å². The summed E-state index contributed by atoms with van der Waals surface area (Å²) in [6, 6.07) is 12.8. The van der Waals surface area contributed by atoms with Crippen molar-refractivity contribution in [1.82, 2.24) is 4.57 Å². The minimum atomic E-state index is -0.490. The number of ether oxygens (including phenoxy) is 1. The Balaban J connectivity index is 1.66. The van der Waals surface area contributed by atoms with E-state index in [1.54, 1.807) is 18.4 Å². The fraction of sp³-hybridized carbons (Fsp3) is 0.273. The second-order valence-electron chi connectivity index (χ2n) is 6.50.